The zero-order valence-corrected chi connectivity index (χ0v) is 45.8. The molecule has 358 valence electrons. The molecule has 2 aromatic heterocycles. The minimum Gasteiger partial charge on any atom is -0.311 e. The average molecular weight is 1060 g/mol. The topological polar surface area (TPSA) is 34.6 Å². The van der Waals surface area contributed by atoms with Crippen LogP contribution in [-0.4, -0.2) is 25.0 Å². The number of nitrogens with zero attached hydrogens (tertiary/aromatic N) is 4. The van der Waals surface area contributed by atoms with Crippen molar-refractivity contribution in [1.82, 2.24) is 0 Å². The number of hydrogen-bond acceptors (Lipinski definition) is 9. The van der Waals surface area contributed by atoms with E-state index >= 15 is 0 Å². The number of allylic oxidation sites excluding steroid dienone is 1. The van der Waals surface area contributed by atoms with Crippen molar-refractivity contribution in [2.45, 2.75) is 19.6 Å². The molecule has 0 radical (unpaired) electrons. The van der Waals surface area contributed by atoms with Crippen LogP contribution < -0.4 is 9.80 Å². The molecule has 0 N–H and O–H groups in total. The Kier molecular flexibility index (Phi) is 14.4. The van der Waals surface area contributed by atoms with Gasteiger partial charge < -0.3 is 9.80 Å². The predicted octanol–water partition coefficient (Wildman–Crippen LogP) is 20.5. The fourth-order valence-electron chi connectivity index (χ4n) is 9.48. The Labute approximate surface area is 458 Å². The highest BCUT2D eigenvalue weighted by molar-refractivity contribution is 7.99. The van der Waals surface area contributed by atoms with Crippen LogP contribution in [0.1, 0.15) is 11.1 Å². The molecule has 11 rings (SSSR count). The zero-order valence-electron chi connectivity index (χ0n) is 40.9. The van der Waals surface area contributed by atoms with Crippen LogP contribution >= 0.6 is 69.7 Å². The highest BCUT2D eigenvalue weighted by Gasteiger charge is 2.28. The van der Waals surface area contributed by atoms with Gasteiger partial charge in [-0.25, -0.2) is 10.1 Å². The summed E-state index contributed by atoms with van der Waals surface area (Å²) in [6.45, 7) is 8.12. The van der Waals surface area contributed by atoms with Crippen molar-refractivity contribution in [1.29, 1.82) is 5.26 Å². The van der Waals surface area contributed by atoms with E-state index in [1.165, 1.54) is 19.6 Å². The van der Waals surface area contributed by atoms with Crippen molar-refractivity contribution in [2.24, 2.45) is 0 Å². The molecule has 2 heterocycles. The van der Waals surface area contributed by atoms with Gasteiger partial charge in [-0.3, -0.25) is 0 Å². The molecule has 0 fully saturated rings. The zero-order chi connectivity index (χ0) is 50.7. The highest BCUT2D eigenvalue weighted by atomic mass is 32.2. The third-order valence-electron chi connectivity index (χ3n) is 13.2. The Morgan fingerprint density at radius 1 is 0.378 bits per heavy atom. The monoisotopic (exact) mass is 1060 g/mol. The molecule has 0 aliphatic heterocycles. The lowest BCUT2D eigenvalue weighted by atomic mass is 9.99. The minimum atomic E-state index is 0.0992. The molecule has 0 saturated heterocycles. The van der Waals surface area contributed by atoms with Gasteiger partial charge in [0.05, 0.1) is 12.6 Å². The number of hydrogen-bond donors (Lipinski definition) is 0. The standard InChI is InChI=1S/C64H46N4S6/c1-66-59(40-65)64-57-38-43(62-36-34-60(73-62)41-6-12-45(13-7-41)67(47-16-24-51(69-2)25-17-47)48-18-26-52(70-3)27-19-48)10-32-55(57)56-33-11-44(39-58(56)64)63-37-35-61(74-63)42-8-14-46(15-9-42)68(49-20-28-53(71-4)29-21-49)50-22-30-54(72-5)31-23-50/h6-39H,2-5H3. The summed E-state index contributed by atoms with van der Waals surface area (Å²) in [6.07, 6.45) is 8.41. The molecule has 0 saturated carbocycles. The third kappa shape index (κ3) is 9.74. The van der Waals surface area contributed by atoms with Gasteiger partial charge in [0, 0.05) is 78.8 Å². The largest absolute Gasteiger partial charge is 0.311 e. The van der Waals surface area contributed by atoms with Gasteiger partial charge in [0.1, 0.15) is 0 Å². The number of benzene rings is 8. The summed E-state index contributed by atoms with van der Waals surface area (Å²) in [5, 5.41) is 10.4. The van der Waals surface area contributed by atoms with Gasteiger partial charge in [0.25, 0.3) is 5.70 Å². The van der Waals surface area contributed by atoms with Crippen LogP contribution in [0.2, 0.25) is 0 Å². The van der Waals surface area contributed by atoms with E-state index in [1.54, 1.807) is 69.7 Å². The Balaban J connectivity index is 0.853. The lowest BCUT2D eigenvalue weighted by Gasteiger charge is -2.26. The number of fused-ring (bicyclic) bond motifs is 3. The average Bonchev–Trinajstić information content (AvgIpc) is 4.24. The Hall–Kier alpha value is -7.12. The summed E-state index contributed by atoms with van der Waals surface area (Å²) in [4.78, 5) is 17.9. The first-order valence-electron chi connectivity index (χ1n) is 23.8. The minimum absolute atomic E-state index is 0.0992. The third-order valence-corrected chi connectivity index (χ3v) is 18.6. The number of nitriles is 1. The quantitative estimate of drug-likeness (QED) is 0.0610. The van der Waals surface area contributed by atoms with Crippen molar-refractivity contribution < 1.29 is 0 Å². The molecule has 0 amide bonds. The van der Waals surface area contributed by atoms with Crippen LogP contribution in [0.4, 0.5) is 34.1 Å². The SMILES string of the molecule is [C-]#[N+]C(C#N)=C1c2cc(-c3ccc(-c4ccc(N(c5ccc(SC)cc5)c5ccc(SC)cc5)cc4)s3)ccc2-c2ccc(-c3ccc(-c4ccc(N(c5ccc(SC)cc5)c5ccc(SC)cc5)cc4)s3)cc21. The molecule has 1 aliphatic rings. The van der Waals surface area contributed by atoms with Crippen molar-refractivity contribution in [3.05, 3.63) is 234 Å². The van der Waals surface area contributed by atoms with Crippen LogP contribution in [-0.2, 0) is 0 Å². The van der Waals surface area contributed by atoms with E-state index in [4.69, 9.17) is 6.57 Å². The molecule has 10 aromatic rings. The Morgan fingerprint density at radius 2 is 0.649 bits per heavy atom. The molecule has 0 atom stereocenters. The van der Waals surface area contributed by atoms with Crippen molar-refractivity contribution in [3.8, 4) is 59.0 Å². The summed E-state index contributed by atoms with van der Waals surface area (Å²) in [5.41, 5.74) is 15.7. The number of thiophene rings is 2. The van der Waals surface area contributed by atoms with E-state index in [2.05, 4.69) is 252 Å². The number of thioether (sulfide) groups is 4. The Bertz CT molecular complexity index is 3420. The normalized spacial score (nSPS) is 11.4. The number of anilines is 6. The second kappa shape index (κ2) is 21.8. The lowest BCUT2D eigenvalue weighted by Crippen LogP contribution is -2.09. The molecule has 0 spiro atoms. The van der Waals surface area contributed by atoms with Gasteiger partial charge in [-0.15, -0.1) is 69.7 Å². The van der Waals surface area contributed by atoms with Gasteiger partial charge in [-0.1, -0.05) is 48.5 Å². The van der Waals surface area contributed by atoms with E-state index in [0.717, 1.165) is 98.1 Å². The van der Waals surface area contributed by atoms with E-state index < -0.39 is 0 Å². The van der Waals surface area contributed by atoms with E-state index in [0.29, 0.717) is 5.57 Å². The molecule has 1 aliphatic carbocycles. The van der Waals surface area contributed by atoms with Gasteiger partial charge >= 0.3 is 0 Å². The predicted molar refractivity (Wildman–Crippen MR) is 324 cm³/mol. The maximum atomic E-state index is 10.4. The second-order valence-corrected chi connectivity index (χ2v) is 23.0. The van der Waals surface area contributed by atoms with Crippen molar-refractivity contribution in [2.75, 3.05) is 34.8 Å². The summed E-state index contributed by atoms with van der Waals surface area (Å²) in [7, 11) is 0. The van der Waals surface area contributed by atoms with Crippen LogP contribution in [0.15, 0.2) is 232 Å². The molecule has 10 heteroatoms. The van der Waals surface area contributed by atoms with E-state index in [9.17, 15) is 5.26 Å². The smallest absolute Gasteiger partial charge is 0.270 e. The maximum absolute atomic E-state index is 10.4. The van der Waals surface area contributed by atoms with Crippen LogP contribution in [0.5, 0.6) is 0 Å². The first-order chi connectivity index (χ1) is 36.4. The second-order valence-electron chi connectivity index (χ2n) is 17.4. The van der Waals surface area contributed by atoms with Crippen molar-refractivity contribution >= 4 is 109 Å². The van der Waals surface area contributed by atoms with Gasteiger partial charge in [-0.2, -0.15) is 0 Å². The van der Waals surface area contributed by atoms with Gasteiger partial charge in [0.2, 0.25) is 0 Å². The molecule has 0 bridgehead atoms. The van der Waals surface area contributed by atoms with Gasteiger partial charge in [0.15, 0.2) is 0 Å². The molecular weight excluding hydrogens is 1020 g/mol. The van der Waals surface area contributed by atoms with Crippen LogP contribution in [0, 0.1) is 17.9 Å². The fraction of sp³-hybridized carbons (Fsp3) is 0.0625. The first kappa shape index (κ1) is 49.1. The van der Waals surface area contributed by atoms with E-state index in [-0.39, 0.29) is 5.70 Å². The molecule has 74 heavy (non-hydrogen) atoms. The maximum Gasteiger partial charge on any atom is 0.270 e. The summed E-state index contributed by atoms with van der Waals surface area (Å²) in [5.74, 6) is 0. The van der Waals surface area contributed by atoms with E-state index in [1.807, 2.05) is 0 Å². The first-order valence-corrected chi connectivity index (χ1v) is 30.3. The van der Waals surface area contributed by atoms with Crippen LogP contribution in [0.3, 0.4) is 0 Å². The summed E-state index contributed by atoms with van der Waals surface area (Å²) in [6, 6.07) is 76.5. The van der Waals surface area contributed by atoms with Crippen molar-refractivity contribution in [3.63, 3.8) is 0 Å². The number of rotatable bonds is 14. The van der Waals surface area contributed by atoms with Crippen LogP contribution in [0.25, 0.3) is 63.3 Å². The lowest BCUT2D eigenvalue weighted by molar-refractivity contribution is 1.26. The molecule has 0 unspecified atom stereocenters. The molecular formula is C64H46N4S6. The highest BCUT2D eigenvalue weighted by Crippen LogP contribution is 2.50. The molecule has 8 aromatic carbocycles. The van der Waals surface area contributed by atoms with Gasteiger partial charge in [-0.05, 0) is 227 Å². The Morgan fingerprint density at radius 3 is 0.919 bits per heavy atom. The summed E-state index contributed by atoms with van der Waals surface area (Å²) >= 11 is 10.5. The summed E-state index contributed by atoms with van der Waals surface area (Å²) < 4.78 is 0. The fourth-order valence-corrected chi connectivity index (χ4v) is 13.1. The molecule has 4 nitrogen and oxygen atoms in total.